The van der Waals surface area contributed by atoms with Gasteiger partial charge in [0.1, 0.15) is 0 Å². The van der Waals surface area contributed by atoms with Crippen LogP contribution >= 0.6 is 0 Å². The van der Waals surface area contributed by atoms with E-state index in [0.717, 1.165) is 5.56 Å². The molecule has 1 amide bonds. The SMILES string of the molecule is COC(=O)C(Cc1ccccc1)OC(=O)N1CCOCC1. The van der Waals surface area contributed by atoms with Crippen molar-refractivity contribution in [2.75, 3.05) is 33.4 Å². The second-order valence-corrected chi connectivity index (χ2v) is 4.68. The highest BCUT2D eigenvalue weighted by atomic mass is 16.6. The van der Waals surface area contributed by atoms with Crippen LogP contribution in [0.1, 0.15) is 5.56 Å². The lowest BCUT2D eigenvalue weighted by Crippen LogP contribution is -2.44. The summed E-state index contributed by atoms with van der Waals surface area (Å²) in [5.74, 6) is -0.555. The van der Waals surface area contributed by atoms with E-state index in [-0.39, 0.29) is 0 Å². The normalized spacial score (nSPS) is 16.1. The quantitative estimate of drug-likeness (QED) is 0.781. The summed E-state index contributed by atoms with van der Waals surface area (Å²) >= 11 is 0. The topological polar surface area (TPSA) is 65.1 Å². The third kappa shape index (κ3) is 4.46. The summed E-state index contributed by atoms with van der Waals surface area (Å²) < 4.78 is 15.2. The highest BCUT2D eigenvalue weighted by Gasteiger charge is 2.27. The number of amides is 1. The number of esters is 1. The molecular formula is C15H19NO5. The molecule has 21 heavy (non-hydrogen) atoms. The first-order valence-corrected chi connectivity index (χ1v) is 6.86. The highest BCUT2D eigenvalue weighted by Crippen LogP contribution is 2.10. The van der Waals surface area contributed by atoms with Crippen LogP contribution in [0.3, 0.4) is 0 Å². The van der Waals surface area contributed by atoms with E-state index in [1.165, 1.54) is 12.0 Å². The van der Waals surface area contributed by atoms with Crippen LogP contribution in [0.5, 0.6) is 0 Å². The molecule has 0 saturated carbocycles. The Kier molecular flexibility index (Phi) is 5.57. The van der Waals surface area contributed by atoms with E-state index >= 15 is 0 Å². The Hall–Kier alpha value is -2.08. The maximum atomic E-state index is 12.1. The molecule has 1 aliphatic rings. The summed E-state index contributed by atoms with van der Waals surface area (Å²) in [6.07, 6.45) is -1.15. The molecular weight excluding hydrogens is 274 g/mol. The second kappa shape index (κ2) is 7.64. The number of hydrogen-bond donors (Lipinski definition) is 0. The van der Waals surface area contributed by atoms with Gasteiger partial charge >= 0.3 is 12.1 Å². The van der Waals surface area contributed by atoms with Crippen molar-refractivity contribution in [1.29, 1.82) is 0 Å². The fourth-order valence-corrected chi connectivity index (χ4v) is 2.07. The van der Waals surface area contributed by atoms with Gasteiger partial charge in [0, 0.05) is 19.5 Å². The van der Waals surface area contributed by atoms with Crippen molar-refractivity contribution >= 4 is 12.1 Å². The number of carbonyl (C=O) groups excluding carboxylic acids is 2. The van der Waals surface area contributed by atoms with Crippen LogP contribution in [0.4, 0.5) is 4.79 Å². The maximum absolute atomic E-state index is 12.1. The minimum Gasteiger partial charge on any atom is -0.466 e. The van der Waals surface area contributed by atoms with Crippen LogP contribution in [0.2, 0.25) is 0 Å². The van der Waals surface area contributed by atoms with Crippen molar-refractivity contribution in [3.63, 3.8) is 0 Å². The molecule has 1 heterocycles. The van der Waals surface area contributed by atoms with Crippen LogP contribution in [0.15, 0.2) is 30.3 Å². The molecule has 6 heteroatoms. The van der Waals surface area contributed by atoms with Gasteiger partial charge in [-0.1, -0.05) is 30.3 Å². The Labute approximate surface area is 123 Å². The smallest absolute Gasteiger partial charge is 0.410 e. The molecule has 1 unspecified atom stereocenters. The van der Waals surface area contributed by atoms with Crippen LogP contribution in [-0.4, -0.2) is 56.5 Å². The summed E-state index contributed by atoms with van der Waals surface area (Å²) in [5.41, 5.74) is 0.905. The zero-order chi connectivity index (χ0) is 15.1. The van der Waals surface area contributed by atoms with Gasteiger partial charge < -0.3 is 19.1 Å². The van der Waals surface area contributed by atoms with E-state index in [2.05, 4.69) is 0 Å². The lowest BCUT2D eigenvalue weighted by Gasteiger charge is -2.27. The van der Waals surface area contributed by atoms with E-state index in [0.29, 0.717) is 32.7 Å². The van der Waals surface area contributed by atoms with Crippen LogP contribution in [-0.2, 0) is 25.4 Å². The molecule has 0 radical (unpaired) electrons. The number of morpholine rings is 1. The summed E-state index contributed by atoms with van der Waals surface area (Å²) in [4.78, 5) is 25.4. The number of benzene rings is 1. The van der Waals surface area contributed by atoms with Crippen molar-refractivity contribution < 1.29 is 23.8 Å². The Balaban J connectivity index is 1.99. The van der Waals surface area contributed by atoms with Crippen molar-refractivity contribution in [2.24, 2.45) is 0 Å². The molecule has 0 bridgehead atoms. The second-order valence-electron chi connectivity index (χ2n) is 4.68. The maximum Gasteiger partial charge on any atom is 0.410 e. The van der Waals surface area contributed by atoms with Gasteiger partial charge in [-0.3, -0.25) is 0 Å². The van der Waals surface area contributed by atoms with E-state index in [1.807, 2.05) is 30.3 Å². The predicted octanol–water partition coefficient (Wildman–Crippen LogP) is 1.24. The molecule has 0 aliphatic carbocycles. The van der Waals surface area contributed by atoms with Crippen molar-refractivity contribution in [3.8, 4) is 0 Å². The molecule has 0 aromatic heterocycles. The molecule has 1 aliphatic heterocycles. The summed E-state index contributed by atoms with van der Waals surface area (Å²) in [7, 11) is 1.28. The van der Waals surface area contributed by atoms with Gasteiger partial charge in [-0.25, -0.2) is 9.59 Å². The third-order valence-electron chi connectivity index (χ3n) is 3.24. The van der Waals surface area contributed by atoms with Crippen molar-refractivity contribution in [1.82, 2.24) is 4.90 Å². The minimum atomic E-state index is -0.937. The molecule has 1 saturated heterocycles. The Bertz CT molecular complexity index is 470. The third-order valence-corrected chi connectivity index (χ3v) is 3.24. The molecule has 6 nitrogen and oxygen atoms in total. The highest BCUT2D eigenvalue weighted by molar-refractivity contribution is 5.79. The number of carbonyl (C=O) groups is 2. The molecule has 114 valence electrons. The van der Waals surface area contributed by atoms with Gasteiger partial charge in [-0.2, -0.15) is 0 Å². The predicted molar refractivity (Wildman–Crippen MR) is 74.8 cm³/mol. The monoisotopic (exact) mass is 293 g/mol. The summed E-state index contributed by atoms with van der Waals surface area (Å²) in [5, 5.41) is 0. The van der Waals surface area contributed by atoms with E-state index in [4.69, 9.17) is 14.2 Å². The Morgan fingerprint density at radius 3 is 2.52 bits per heavy atom. The van der Waals surface area contributed by atoms with Gasteiger partial charge in [-0.15, -0.1) is 0 Å². The van der Waals surface area contributed by atoms with Gasteiger partial charge in [0.2, 0.25) is 6.10 Å². The molecule has 0 N–H and O–H groups in total. The van der Waals surface area contributed by atoms with Crippen molar-refractivity contribution in [3.05, 3.63) is 35.9 Å². The van der Waals surface area contributed by atoms with Crippen LogP contribution in [0, 0.1) is 0 Å². The molecule has 1 aromatic rings. The van der Waals surface area contributed by atoms with Gasteiger partial charge in [0.25, 0.3) is 0 Å². The van der Waals surface area contributed by atoms with Gasteiger partial charge in [0.15, 0.2) is 0 Å². The van der Waals surface area contributed by atoms with E-state index in [9.17, 15) is 9.59 Å². The minimum absolute atomic E-state index is 0.295. The Morgan fingerprint density at radius 1 is 1.24 bits per heavy atom. The Morgan fingerprint density at radius 2 is 1.90 bits per heavy atom. The van der Waals surface area contributed by atoms with E-state index < -0.39 is 18.2 Å². The van der Waals surface area contributed by atoms with Crippen LogP contribution < -0.4 is 0 Å². The summed E-state index contributed by atoms with van der Waals surface area (Å²) in [6, 6.07) is 9.37. The van der Waals surface area contributed by atoms with E-state index in [1.54, 1.807) is 0 Å². The molecule has 1 atom stereocenters. The average molecular weight is 293 g/mol. The molecule has 1 fully saturated rings. The standard InChI is InChI=1S/C15H19NO5/c1-19-14(17)13(11-12-5-3-2-4-6-12)21-15(18)16-7-9-20-10-8-16/h2-6,13H,7-11H2,1H3. The molecule has 1 aromatic carbocycles. The fraction of sp³-hybridized carbons (Fsp3) is 0.467. The summed E-state index contributed by atoms with van der Waals surface area (Å²) in [6.45, 7) is 1.91. The fourth-order valence-electron chi connectivity index (χ4n) is 2.07. The zero-order valence-corrected chi connectivity index (χ0v) is 12.0. The first-order valence-electron chi connectivity index (χ1n) is 6.86. The largest absolute Gasteiger partial charge is 0.466 e. The lowest BCUT2D eigenvalue weighted by molar-refractivity contribution is -0.151. The first kappa shape index (κ1) is 15.3. The van der Waals surface area contributed by atoms with Gasteiger partial charge in [-0.05, 0) is 5.56 Å². The number of methoxy groups -OCH3 is 1. The number of nitrogens with zero attached hydrogens (tertiary/aromatic N) is 1. The van der Waals surface area contributed by atoms with Crippen molar-refractivity contribution in [2.45, 2.75) is 12.5 Å². The molecule has 2 rings (SSSR count). The number of ether oxygens (including phenoxy) is 3. The first-order chi connectivity index (χ1) is 10.2. The zero-order valence-electron chi connectivity index (χ0n) is 12.0. The van der Waals surface area contributed by atoms with Gasteiger partial charge in [0.05, 0.1) is 20.3 Å². The lowest BCUT2D eigenvalue weighted by atomic mass is 10.1. The number of rotatable bonds is 4. The average Bonchev–Trinajstić information content (AvgIpc) is 2.55. The molecule has 0 spiro atoms. The van der Waals surface area contributed by atoms with Crippen LogP contribution in [0.25, 0.3) is 0 Å². The number of hydrogen-bond acceptors (Lipinski definition) is 5.